The van der Waals surface area contributed by atoms with E-state index in [0.717, 1.165) is 26.1 Å². The Hall–Kier alpha value is -1.86. The van der Waals surface area contributed by atoms with Gasteiger partial charge in [-0.15, -0.1) is 0 Å². The molecule has 0 spiro atoms. The molecule has 1 unspecified atom stereocenters. The molecule has 0 radical (unpaired) electrons. The molecular weight excluding hydrogens is 776 g/mol. The van der Waals surface area contributed by atoms with Crippen LogP contribution < -0.4 is 0 Å². The van der Waals surface area contributed by atoms with E-state index >= 15 is 0 Å². The molecule has 4 rings (SSSR count). The first kappa shape index (κ1) is 50.8. The lowest BCUT2D eigenvalue weighted by atomic mass is 9.79. The fraction of sp³-hybridized carbons (Fsp3) is 0.867. The van der Waals surface area contributed by atoms with Crippen LogP contribution in [0, 0.1) is 29.6 Å². The van der Waals surface area contributed by atoms with Crippen molar-refractivity contribution >= 4 is 11.8 Å². The molecule has 0 amide bonds. The maximum atomic E-state index is 14.0. The topological polar surface area (TPSA) is 186 Å². The van der Waals surface area contributed by atoms with Gasteiger partial charge in [-0.1, -0.05) is 46.3 Å². The molecule has 0 aliphatic carbocycles. The van der Waals surface area contributed by atoms with E-state index in [2.05, 4.69) is 18.7 Å². The maximum absolute atomic E-state index is 14.0. The van der Waals surface area contributed by atoms with Gasteiger partial charge in [0.15, 0.2) is 18.4 Å². The predicted molar refractivity (Wildman–Crippen MR) is 225 cm³/mol. The number of esters is 1. The van der Waals surface area contributed by atoms with Crippen molar-refractivity contribution in [1.82, 2.24) is 9.80 Å². The fourth-order valence-electron chi connectivity index (χ4n) is 9.74. The summed E-state index contributed by atoms with van der Waals surface area (Å²) in [6.07, 6.45) is -4.80. The zero-order valence-electron chi connectivity index (χ0n) is 38.2. The number of carbonyl (C=O) groups is 2. The molecule has 4 aliphatic heterocycles. The first-order chi connectivity index (χ1) is 28.3. The minimum absolute atomic E-state index is 0.0953. The summed E-state index contributed by atoms with van der Waals surface area (Å²) in [5.41, 5.74) is 0.679. The Morgan fingerprint density at radius 2 is 1.42 bits per heavy atom. The summed E-state index contributed by atoms with van der Waals surface area (Å²) in [4.78, 5) is 32.1. The van der Waals surface area contributed by atoms with Crippen LogP contribution in [0.25, 0.3) is 0 Å². The lowest BCUT2D eigenvalue weighted by molar-refractivity contribution is -0.313. The van der Waals surface area contributed by atoms with Gasteiger partial charge in [0.2, 0.25) is 0 Å². The lowest BCUT2D eigenvalue weighted by Gasteiger charge is -2.47. The molecule has 0 saturated carbocycles. The van der Waals surface area contributed by atoms with Crippen LogP contribution in [0.3, 0.4) is 0 Å². The average molecular weight is 855 g/mol. The number of hydrogen-bond donors (Lipinski definition) is 4. The maximum Gasteiger partial charge on any atom is 0.308 e. The Bertz CT molecular complexity index is 1400. The number of aliphatic hydroxyl groups excluding tert-OH is 4. The second-order valence-corrected chi connectivity index (χ2v) is 18.6. The van der Waals surface area contributed by atoms with Crippen LogP contribution in [0.4, 0.5) is 0 Å². The van der Waals surface area contributed by atoms with Gasteiger partial charge >= 0.3 is 5.97 Å². The number of ketones is 1. The van der Waals surface area contributed by atoms with Crippen molar-refractivity contribution in [1.29, 1.82) is 0 Å². The molecule has 15 nitrogen and oxygen atoms in total. The third-order valence-electron chi connectivity index (χ3n) is 13.1. The van der Waals surface area contributed by atoms with E-state index in [-0.39, 0.29) is 18.1 Å². The Morgan fingerprint density at radius 3 is 2.02 bits per heavy atom. The van der Waals surface area contributed by atoms with E-state index in [1.54, 1.807) is 51.1 Å². The van der Waals surface area contributed by atoms with Gasteiger partial charge in [0.25, 0.3) is 0 Å². The molecule has 0 aromatic rings. The molecule has 60 heavy (non-hydrogen) atoms. The molecule has 0 aromatic heterocycles. The summed E-state index contributed by atoms with van der Waals surface area (Å²) in [7, 11) is 6.49. The smallest absolute Gasteiger partial charge is 0.308 e. The quantitative estimate of drug-likeness (QED) is 0.222. The Labute approximate surface area is 358 Å². The zero-order valence-corrected chi connectivity index (χ0v) is 38.2. The van der Waals surface area contributed by atoms with Gasteiger partial charge in [0, 0.05) is 39.1 Å². The molecule has 4 N–H and O–H groups in total. The van der Waals surface area contributed by atoms with Gasteiger partial charge in [-0.25, -0.2) is 0 Å². The van der Waals surface area contributed by atoms with Crippen molar-refractivity contribution < 1.29 is 63.2 Å². The number of cyclic esters (lactones) is 1. The summed E-state index contributed by atoms with van der Waals surface area (Å²) in [6, 6.07) is -0.690. The highest BCUT2D eigenvalue weighted by Crippen LogP contribution is 2.36. The number of aliphatic hydroxyl groups is 4. The van der Waals surface area contributed by atoms with Crippen LogP contribution in [0.5, 0.6) is 0 Å². The standard InChI is InChI=1S/C45H78N2O13/c1-13-34-35(59-45-43(55-12)42(54-11)39(52)30(8)57-45)19-24(2)14-15-32(48)27(5)20-31(16-17-47-22-25(3)18-26(4)23-47)41(28(6)33(49)21-36(50)58-34)60-44-40(53)37(46(9)10)38(51)29(7)56-44/h14-15,19,25-31,33-35,37-45,49,51-53H,13,16-18,20-23H2,1-12H3/b15-14+,24-19+/t25-,26+,27-,28+,29-,30-,31?,33-,34-,35+,37+,38-,39-,40-,41-,42-,43-,44+,45+/m1/s1. The van der Waals surface area contributed by atoms with E-state index in [0.29, 0.717) is 36.7 Å². The van der Waals surface area contributed by atoms with Gasteiger partial charge in [-0.3, -0.25) is 9.59 Å². The van der Waals surface area contributed by atoms with Crippen molar-refractivity contribution in [2.24, 2.45) is 29.6 Å². The number of allylic oxidation sites excluding steroid dienone is 3. The number of likely N-dealkylation sites (tertiary alicyclic amines) is 1. The molecule has 3 saturated heterocycles. The Morgan fingerprint density at radius 1 is 0.800 bits per heavy atom. The second-order valence-electron chi connectivity index (χ2n) is 18.6. The van der Waals surface area contributed by atoms with Crippen LogP contribution in [-0.2, 0) is 42.7 Å². The van der Waals surface area contributed by atoms with Crippen LogP contribution in [0.15, 0.2) is 23.8 Å². The van der Waals surface area contributed by atoms with E-state index in [9.17, 15) is 30.0 Å². The molecule has 19 atom stereocenters. The van der Waals surface area contributed by atoms with Crippen molar-refractivity contribution in [3.8, 4) is 0 Å². The third kappa shape index (κ3) is 13.1. The number of ether oxygens (including phenoxy) is 7. The summed E-state index contributed by atoms with van der Waals surface area (Å²) < 4.78 is 42.9. The summed E-state index contributed by atoms with van der Waals surface area (Å²) >= 11 is 0. The van der Waals surface area contributed by atoms with Crippen LogP contribution in [0.2, 0.25) is 0 Å². The van der Waals surface area contributed by atoms with Crippen LogP contribution in [0.1, 0.15) is 87.5 Å². The normalized spacial score (nSPS) is 44.9. The predicted octanol–water partition coefficient (Wildman–Crippen LogP) is 3.09. The highest BCUT2D eigenvalue weighted by molar-refractivity contribution is 5.91. The van der Waals surface area contributed by atoms with E-state index in [4.69, 9.17) is 33.2 Å². The van der Waals surface area contributed by atoms with Crippen molar-refractivity contribution in [3.63, 3.8) is 0 Å². The molecule has 4 heterocycles. The minimum atomic E-state index is -1.24. The number of hydrogen-bond acceptors (Lipinski definition) is 15. The van der Waals surface area contributed by atoms with Crippen LogP contribution >= 0.6 is 0 Å². The molecular formula is C45H78N2O13. The molecule has 3 fully saturated rings. The molecule has 4 aliphatic rings. The van der Waals surface area contributed by atoms with E-state index < -0.39 is 104 Å². The zero-order chi connectivity index (χ0) is 44.6. The fourth-order valence-corrected chi connectivity index (χ4v) is 9.74. The van der Waals surface area contributed by atoms with Gasteiger partial charge in [-0.2, -0.15) is 0 Å². The second kappa shape index (κ2) is 23.2. The Balaban J connectivity index is 1.72. The number of rotatable bonds is 11. The van der Waals surface area contributed by atoms with Gasteiger partial charge in [0.1, 0.15) is 36.6 Å². The number of piperidine rings is 1. The monoisotopic (exact) mass is 855 g/mol. The largest absolute Gasteiger partial charge is 0.459 e. The average Bonchev–Trinajstić information content (AvgIpc) is 3.18. The SMILES string of the molecule is CC[C@H]1OC(=O)C[C@@H](O)[C@H](C)[C@@H](O[C@@H]2O[C@H](C)[C@@H](O)[C@H](N(C)C)[C@H]2O)C(CCN2C[C@H](C)C[C@H](C)C2)C[C@@H](C)C(=O)/C=C/C(C)=C/[C@@H]1O[C@@H]1O[C@H](C)[C@@H](O)[C@@H](OC)[C@H]1OC. The van der Waals surface area contributed by atoms with E-state index in [1.165, 1.54) is 14.2 Å². The van der Waals surface area contributed by atoms with Gasteiger partial charge in [-0.05, 0) is 97.0 Å². The summed E-state index contributed by atoms with van der Waals surface area (Å²) in [5.74, 6) is -1.10. The van der Waals surface area contributed by atoms with E-state index in [1.807, 2.05) is 27.7 Å². The van der Waals surface area contributed by atoms with Gasteiger partial charge < -0.3 is 63.4 Å². The number of methoxy groups -OCH3 is 2. The molecule has 15 heteroatoms. The van der Waals surface area contributed by atoms with Crippen LogP contribution in [-0.4, -0.2) is 176 Å². The molecule has 346 valence electrons. The third-order valence-corrected chi connectivity index (χ3v) is 13.1. The van der Waals surface area contributed by atoms with Crippen molar-refractivity contribution in [2.75, 3.05) is 47.9 Å². The summed E-state index contributed by atoms with van der Waals surface area (Å²) in [6.45, 7) is 18.0. The van der Waals surface area contributed by atoms with Gasteiger partial charge in [0.05, 0.1) is 43.0 Å². The molecule has 0 bridgehead atoms. The minimum Gasteiger partial charge on any atom is -0.459 e. The summed E-state index contributed by atoms with van der Waals surface area (Å²) in [5, 5.41) is 45.3. The first-order valence-corrected chi connectivity index (χ1v) is 22.2. The number of likely N-dealkylation sites (N-methyl/N-ethyl adjacent to an activating group) is 1. The van der Waals surface area contributed by atoms with Crippen molar-refractivity contribution in [2.45, 2.75) is 173 Å². The number of carbonyl (C=O) groups excluding carboxylic acids is 2. The first-order valence-electron chi connectivity index (χ1n) is 22.2. The Kier molecular flexibility index (Phi) is 19.6. The highest BCUT2D eigenvalue weighted by atomic mass is 16.7. The molecule has 0 aromatic carbocycles. The van der Waals surface area contributed by atoms with Crippen molar-refractivity contribution in [3.05, 3.63) is 23.8 Å². The number of nitrogens with zero attached hydrogens (tertiary/aromatic N) is 2. The highest BCUT2D eigenvalue weighted by Gasteiger charge is 2.48. The lowest BCUT2D eigenvalue weighted by Crippen LogP contribution is -2.63.